The third-order valence-electron chi connectivity index (χ3n) is 1.91. The van der Waals surface area contributed by atoms with Crippen LogP contribution in [0.15, 0.2) is 24.0 Å². The smallest absolute Gasteiger partial charge is 0.120 e. The second kappa shape index (κ2) is 4.10. The molecular weight excluding hydrogens is 150 g/mol. The largest absolute Gasteiger partial charge is 0.494 e. The summed E-state index contributed by atoms with van der Waals surface area (Å²) in [5.41, 5.74) is 0.656. The second-order valence-corrected chi connectivity index (χ2v) is 2.97. The highest BCUT2D eigenvalue weighted by Gasteiger charge is 2.09. The zero-order valence-corrected chi connectivity index (χ0v) is 7.63. The minimum atomic E-state index is 0.319. The maximum atomic E-state index is 7.65. The molecule has 0 saturated carbocycles. The van der Waals surface area contributed by atoms with Crippen molar-refractivity contribution < 1.29 is 4.74 Å². The van der Waals surface area contributed by atoms with Crippen molar-refractivity contribution in [3.05, 3.63) is 24.0 Å². The van der Waals surface area contributed by atoms with Crippen LogP contribution in [-0.2, 0) is 4.74 Å². The van der Waals surface area contributed by atoms with E-state index < -0.39 is 0 Å². The Labute approximate surface area is 73.4 Å². The van der Waals surface area contributed by atoms with E-state index in [1.54, 1.807) is 6.08 Å². The van der Waals surface area contributed by atoms with Gasteiger partial charge >= 0.3 is 0 Å². The van der Waals surface area contributed by atoms with Gasteiger partial charge in [0.25, 0.3) is 0 Å². The molecule has 66 valence electrons. The van der Waals surface area contributed by atoms with Crippen molar-refractivity contribution >= 4 is 5.71 Å². The molecular formula is C10H15NO. The van der Waals surface area contributed by atoms with Gasteiger partial charge in [0.2, 0.25) is 0 Å². The summed E-state index contributed by atoms with van der Waals surface area (Å²) >= 11 is 0. The number of hydrogen-bond acceptors (Lipinski definition) is 2. The molecule has 0 fully saturated rings. The van der Waals surface area contributed by atoms with Crippen molar-refractivity contribution in [1.29, 1.82) is 5.41 Å². The molecule has 0 bridgehead atoms. The first kappa shape index (κ1) is 9.04. The number of rotatable bonds is 2. The SMILES string of the molecule is CCOC1=CC(=N)C(C)CC=C1. The number of ether oxygens (including phenoxy) is 1. The van der Waals surface area contributed by atoms with E-state index in [1.807, 2.05) is 13.0 Å². The van der Waals surface area contributed by atoms with Crippen LogP contribution in [0.4, 0.5) is 0 Å². The molecule has 0 radical (unpaired) electrons. The van der Waals surface area contributed by atoms with E-state index in [9.17, 15) is 0 Å². The van der Waals surface area contributed by atoms with Crippen LogP contribution < -0.4 is 0 Å². The Balaban J connectivity index is 2.71. The lowest BCUT2D eigenvalue weighted by atomic mass is 10.0. The highest BCUT2D eigenvalue weighted by atomic mass is 16.5. The summed E-state index contributed by atoms with van der Waals surface area (Å²) < 4.78 is 5.32. The van der Waals surface area contributed by atoms with Gasteiger partial charge in [0.15, 0.2) is 0 Å². The van der Waals surface area contributed by atoms with Gasteiger partial charge < -0.3 is 10.1 Å². The Morgan fingerprint density at radius 3 is 3.08 bits per heavy atom. The van der Waals surface area contributed by atoms with Crippen molar-refractivity contribution in [2.75, 3.05) is 6.61 Å². The molecule has 1 aliphatic rings. The van der Waals surface area contributed by atoms with Crippen LogP contribution in [-0.4, -0.2) is 12.3 Å². The molecule has 0 amide bonds. The van der Waals surface area contributed by atoms with Gasteiger partial charge in [0.05, 0.1) is 6.61 Å². The minimum absolute atomic E-state index is 0.319. The molecule has 0 aromatic rings. The summed E-state index contributed by atoms with van der Waals surface area (Å²) in [7, 11) is 0. The van der Waals surface area contributed by atoms with Crippen molar-refractivity contribution in [2.24, 2.45) is 5.92 Å². The zero-order chi connectivity index (χ0) is 8.97. The Morgan fingerprint density at radius 2 is 2.42 bits per heavy atom. The summed E-state index contributed by atoms with van der Waals surface area (Å²) in [6, 6.07) is 0. The van der Waals surface area contributed by atoms with Gasteiger partial charge in [-0.05, 0) is 19.4 Å². The first-order valence-electron chi connectivity index (χ1n) is 4.33. The van der Waals surface area contributed by atoms with Gasteiger partial charge in [-0.2, -0.15) is 0 Å². The standard InChI is InChI=1S/C10H15NO/c1-3-12-9-6-4-5-8(2)10(11)7-9/h4,6-8,11H,3,5H2,1-2H3. The number of allylic oxidation sites excluding steroid dienone is 3. The van der Waals surface area contributed by atoms with Crippen molar-refractivity contribution in [3.63, 3.8) is 0 Å². The first-order valence-corrected chi connectivity index (χ1v) is 4.33. The lowest BCUT2D eigenvalue weighted by molar-refractivity contribution is 0.243. The fourth-order valence-corrected chi connectivity index (χ4v) is 1.12. The molecule has 0 aliphatic heterocycles. The molecule has 1 atom stereocenters. The zero-order valence-electron chi connectivity index (χ0n) is 7.63. The second-order valence-electron chi connectivity index (χ2n) is 2.97. The predicted octanol–water partition coefficient (Wildman–Crippen LogP) is 2.52. The normalized spacial score (nSPS) is 23.3. The van der Waals surface area contributed by atoms with E-state index in [1.165, 1.54) is 0 Å². The molecule has 0 saturated heterocycles. The highest BCUT2D eigenvalue weighted by molar-refractivity contribution is 5.95. The molecule has 2 heteroatoms. The van der Waals surface area contributed by atoms with E-state index in [0.717, 1.165) is 12.2 Å². The van der Waals surface area contributed by atoms with Crippen molar-refractivity contribution in [2.45, 2.75) is 20.3 Å². The van der Waals surface area contributed by atoms with Crippen LogP contribution in [0.5, 0.6) is 0 Å². The monoisotopic (exact) mass is 165 g/mol. The lowest BCUT2D eigenvalue weighted by Crippen LogP contribution is -2.05. The van der Waals surface area contributed by atoms with Crippen LogP contribution in [0.2, 0.25) is 0 Å². The molecule has 1 rings (SSSR count). The Bertz CT molecular complexity index is 228. The van der Waals surface area contributed by atoms with Crippen molar-refractivity contribution in [1.82, 2.24) is 0 Å². The van der Waals surface area contributed by atoms with Gasteiger partial charge in [-0.3, -0.25) is 0 Å². The molecule has 0 aromatic carbocycles. The average molecular weight is 165 g/mol. The van der Waals surface area contributed by atoms with E-state index in [0.29, 0.717) is 18.2 Å². The third-order valence-corrected chi connectivity index (χ3v) is 1.91. The fourth-order valence-electron chi connectivity index (χ4n) is 1.12. The summed E-state index contributed by atoms with van der Waals surface area (Å²) in [5.74, 6) is 1.13. The first-order chi connectivity index (χ1) is 5.74. The molecule has 1 unspecified atom stereocenters. The highest BCUT2D eigenvalue weighted by Crippen LogP contribution is 2.14. The summed E-state index contributed by atoms with van der Waals surface area (Å²) in [4.78, 5) is 0. The molecule has 2 nitrogen and oxygen atoms in total. The lowest BCUT2D eigenvalue weighted by Gasteiger charge is -2.05. The summed E-state index contributed by atoms with van der Waals surface area (Å²) in [6.07, 6.45) is 6.75. The topological polar surface area (TPSA) is 33.1 Å². The van der Waals surface area contributed by atoms with Gasteiger partial charge in [-0.1, -0.05) is 13.0 Å². The molecule has 0 spiro atoms. The van der Waals surface area contributed by atoms with Gasteiger partial charge in [-0.15, -0.1) is 0 Å². The molecule has 1 N–H and O–H groups in total. The molecule has 0 aromatic heterocycles. The Kier molecular flexibility index (Phi) is 3.09. The Morgan fingerprint density at radius 1 is 1.67 bits per heavy atom. The Hall–Kier alpha value is -1.05. The van der Waals surface area contributed by atoms with Gasteiger partial charge in [-0.25, -0.2) is 0 Å². The molecule has 1 aliphatic carbocycles. The van der Waals surface area contributed by atoms with Crippen LogP contribution in [0.3, 0.4) is 0 Å². The van der Waals surface area contributed by atoms with E-state index in [2.05, 4.69) is 13.0 Å². The number of nitrogens with one attached hydrogen (secondary N) is 1. The van der Waals surface area contributed by atoms with Crippen LogP contribution in [0.1, 0.15) is 20.3 Å². The molecule has 12 heavy (non-hydrogen) atoms. The summed E-state index contributed by atoms with van der Waals surface area (Å²) in [6.45, 7) is 4.67. The fraction of sp³-hybridized carbons (Fsp3) is 0.500. The van der Waals surface area contributed by atoms with Crippen molar-refractivity contribution in [3.8, 4) is 0 Å². The average Bonchev–Trinajstić information content (AvgIpc) is 2.16. The van der Waals surface area contributed by atoms with Gasteiger partial charge in [0, 0.05) is 17.7 Å². The van der Waals surface area contributed by atoms with Crippen LogP contribution in [0, 0.1) is 11.3 Å². The maximum absolute atomic E-state index is 7.65. The van der Waals surface area contributed by atoms with Crippen LogP contribution >= 0.6 is 0 Å². The van der Waals surface area contributed by atoms with E-state index >= 15 is 0 Å². The quantitative estimate of drug-likeness (QED) is 0.670. The van der Waals surface area contributed by atoms with Gasteiger partial charge in [0.1, 0.15) is 5.76 Å². The summed E-state index contributed by atoms with van der Waals surface area (Å²) in [5, 5.41) is 7.65. The van der Waals surface area contributed by atoms with Crippen LogP contribution in [0.25, 0.3) is 0 Å². The van der Waals surface area contributed by atoms with E-state index in [-0.39, 0.29) is 0 Å². The minimum Gasteiger partial charge on any atom is -0.494 e. The van der Waals surface area contributed by atoms with E-state index in [4.69, 9.17) is 10.1 Å². The molecule has 0 heterocycles. The predicted molar refractivity (Wildman–Crippen MR) is 50.4 cm³/mol. The maximum Gasteiger partial charge on any atom is 0.120 e. The number of hydrogen-bond donors (Lipinski definition) is 1. The third kappa shape index (κ3) is 2.22.